The van der Waals surface area contributed by atoms with E-state index < -0.39 is 11.7 Å². The third-order valence-corrected chi connectivity index (χ3v) is 5.78. The van der Waals surface area contributed by atoms with E-state index in [1.165, 1.54) is 18.6 Å². The van der Waals surface area contributed by atoms with E-state index in [2.05, 4.69) is 10.1 Å². The average Bonchev–Trinajstić information content (AvgIpc) is 3.29. The van der Waals surface area contributed by atoms with Gasteiger partial charge in [-0.15, -0.1) is 0 Å². The molecule has 2 aromatic carbocycles. The van der Waals surface area contributed by atoms with Crippen LogP contribution >= 0.6 is 0 Å². The average molecular weight is 443 g/mol. The van der Waals surface area contributed by atoms with Crippen molar-refractivity contribution in [1.29, 1.82) is 0 Å². The molecule has 1 amide bonds. The first-order chi connectivity index (χ1) is 15.4. The standard InChI is InChI=1S/C24H24F3N3O2/c25-24(26,27)19-11-7-10-18(16-19)22-28-21(32-29-22)14-15-30(20-12-5-2-6-13-20)23(31)17-8-3-1-4-9-17/h1,3-4,7-11,16,20H,2,5-6,12-15H2. The summed E-state index contributed by atoms with van der Waals surface area (Å²) in [5.74, 6) is 0.360. The number of benzene rings is 2. The fourth-order valence-corrected chi connectivity index (χ4v) is 4.11. The van der Waals surface area contributed by atoms with E-state index in [4.69, 9.17) is 4.52 Å². The maximum Gasteiger partial charge on any atom is 0.416 e. The summed E-state index contributed by atoms with van der Waals surface area (Å²) in [5.41, 5.74) is 0.103. The SMILES string of the molecule is O=C(c1ccccc1)N(CCc1nc(-c2cccc(C(F)(F)F)c2)no1)C1CCCCC1. The zero-order valence-electron chi connectivity index (χ0n) is 17.5. The van der Waals surface area contributed by atoms with Crippen LogP contribution in [0.15, 0.2) is 59.1 Å². The van der Waals surface area contributed by atoms with Crippen LogP contribution in [-0.4, -0.2) is 33.5 Å². The Morgan fingerprint density at radius 1 is 1.03 bits per heavy atom. The zero-order valence-corrected chi connectivity index (χ0v) is 17.5. The van der Waals surface area contributed by atoms with Crippen LogP contribution in [0.3, 0.4) is 0 Å². The second-order valence-corrected chi connectivity index (χ2v) is 8.00. The molecule has 1 heterocycles. The first-order valence-corrected chi connectivity index (χ1v) is 10.8. The molecule has 4 rings (SSSR count). The van der Waals surface area contributed by atoms with Crippen molar-refractivity contribution >= 4 is 5.91 Å². The molecule has 0 spiro atoms. The summed E-state index contributed by atoms with van der Waals surface area (Å²) >= 11 is 0. The summed E-state index contributed by atoms with van der Waals surface area (Å²) in [6, 6.07) is 14.1. The van der Waals surface area contributed by atoms with Crippen LogP contribution in [-0.2, 0) is 12.6 Å². The lowest BCUT2D eigenvalue weighted by atomic mass is 9.93. The fraction of sp³-hybridized carbons (Fsp3) is 0.375. The molecule has 32 heavy (non-hydrogen) atoms. The first-order valence-electron chi connectivity index (χ1n) is 10.8. The van der Waals surface area contributed by atoms with E-state index >= 15 is 0 Å². The first kappa shape index (κ1) is 22.0. The summed E-state index contributed by atoms with van der Waals surface area (Å²) in [7, 11) is 0. The normalized spacial score (nSPS) is 15.0. The number of alkyl halides is 3. The number of hydrogen-bond donors (Lipinski definition) is 0. The number of rotatable bonds is 6. The Balaban J connectivity index is 1.49. The Labute approximate surface area is 184 Å². The van der Waals surface area contributed by atoms with Crippen LogP contribution in [0.1, 0.15) is 53.9 Å². The van der Waals surface area contributed by atoms with Crippen molar-refractivity contribution in [3.05, 3.63) is 71.6 Å². The Hall–Kier alpha value is -3.16. The molecule has 3 aromatic rings. The van der Waals surface area contributed by atoms with Crippen molar-refractivity contribution < 1.29 is 22.5 Å². The molecule has 1 saturated carbocycles. The van der Waals surface area contributed by atoms with Crippen molar-refractivity contribution in [3.63, 3.8) is 0 Å². The number of halogens is 3. The number of nitrogens with zero attached hydrogens (tertiary/aromatic N) is 3. The molecule has 0 bridgehead atoms. The van der Waals surface area contributed by atoms with Crippen molar-refractivity contribution in [2.45, 2.75) is 50.7 Å². The van der Waals surface area contributed by atoms with Crippen LogP contribution in [0.4, 0.5) is 13.2 Å². The molecule has 1 fully saturated rings. The van der Waals surface area contributed by atoms with Gasteiger partial charge in [-0.25, -0.2) is 0 Å². The molecule has 1 aliphatic carbocycles. The van der Waals surface area contributed by atoms with E-state index in [-0.39, 0.29) is 23.3 Å². The molecule has 0 radical (unpaired) electrons. The minimum absolute atomic E-state index is 0.0323. The monoisotopic (exact) mass is 443 g/mol. The molecular weight excluding hydrogens is 419 g/mol. The predicted molar refractivity (Wildman–Crippen MR) is 113 cm³/mol. The van der Waals surface area contributed by atoms with Crippen molar-refractivity contribution in [2.75, 3.05) is 6.54 Å². The van der Waals surface area contributed by atoms with Gasteiger partial charge in [0.15, 0.2) is 0 Å². The third kappa shape index (κ3) is 5.18. The van der Waals surface area contributed by atoms with Gasteiger partial charge in [0.2, 0.25) is 11.7 Å². The molecule has 1 aliphatic rings. The van der Waals surface area contributed by atoms with E-state index in [0.29, 0.717) is 24.4 Å². The topological polar surface area (TPSA) is 59.2 Å². The molecule has 0 unspecified atom stereocenters. The number of amides is 1. The fourth-order valence-electron chi connectivity index (χ4n) is 4.11. The molecule has 168 valence electrons. The number of hydrogen-bond acceptors (Lipinski definition) is 4. The van der Waals surface area contributed by atoms with Crippen LogP contribution in [0.25, 0.3) is 11.4 Å². The second kappa shape index (κ2) is 9.54. The highest BCUT2D eigenvalue weighted by Crippen LogP contribution is 2.31. The molecule has 0 N–H and O–H groups in total. The van der Waals surface area contributed by atoms with Gasteiger partial charge in [0.05, 0.1) is 5.56 Å². The van der Waals surface area contributed by atoms with Gasteiger partial charge in [-0.1, -0.05) is 54.8 Å². The summed E-state index contributed by atoms with van der Waals surface area (Å²) in [6.45, 7) is 0.405. The van der Waals surface area contributed by atoms with E-state index in [0.717, 1.165) is 37.8 Å². The largest absolute Gasteiger partial charge is 0.416 e. The Bertz CT molecular complexity index is 1040. The quantitative estimate of drug-likeness (QED) is 0.485. The minimum Gasteiger partial charge on any atom is -0.339 e. The summed E-state index contributed by atoms with van der Waals surface area (Å²) < 4.78 is 44.3. The van der Waals surface area contributed by atoms with Crippen LogP contribution < -0.4 is 0 Å². The van der Waals surface area contributed by atoms with E-state index in [1.54, 1.807) is 12.1 Å². The number of aromatic nitrogens is 2. The van der Waals surface area contributed by atoms with Gasteiger partial charge >= 0.3 is 6.18 Å². The molecule has 1 aromatic heterocycles. The Morgan fingerprint density at radius 3 is 2.50 bits per heavy atom. The molecule has 5 nitrogen and oxygen atoms in total. The predicted octanol–water partition coefficient (Wildman–Crippen LogP) is 5.77. The van der Waals surface area contributed by atoms with Crippen molar-refractivity contribution in [1.82, 2.24) is 15.0 Å². The highest BCUT2D eigenvalue weighted by molar-refractivity contribution is 5.94. The lowest BCUT2D eigenvalue weighted by molar-refractivity contribution is -0.137. The van der Waals surface area contributed by atoms with Crippen molar-refractivity contribution in [3.8, 4) is 11.4 Å². The van der Waals surface area contributed by atoms with Crippen LogP contribution in [0.2, 0.25) is 0 Å². The summed E-state index contributed by atoms with van der Waals surface area (Å²) in [4.78, 5) is 19.3. The highest BCUT2D eigenvalue weighted by atomic mass is 19.4. The van der Waals surface area contributed by atoms with Gasteiger partial charge in [-0.05, 0) is 37.1 Å². The smallest absolute Gasteiger partial charge is 0.339 e. The third-order valence-electron chi connectivity index (χ3n) is 5.78. The van der Waals surface area contributed by atoms with Gasteiger partial charge in [0.1, 0.15) is 0 Å². The molecule has 0 atom stereocenters. The summed E-state index contributed by atoms with van der Waals surface area (Å²) in [6.07, 6.45) is 1.15. The molecule has 0 aliphatic heterocycles. The van der Waals surface area contributed by atoms with Gasteiger partial charge in [-0.3, -0.25) is 4.79 Å². The van der Waals surface area contributed by atoms with Gasteiger partial charge in [-0.2, -0.15) is 18.2 Å². The Morgan fingerprint density at radius 2 is 1.78 bits per heavy atom. The van der Waals surface area contributed by atoms with Gasteiger partial charge in [0.25, 0.3) is 5.91 Å². The van der Waals surface area contributed by atoms with Crippen LogP contribution in [0.5, 0.6) is 0 Å². The zero-order chi connectivity index (χ0) is 22.6. The van der Waals surface area contributed by atoms with Crippen molar-refractivity contribution in [2.24, 2.45) is 0 Å². The number of carbonyl (C=O) groups is 1. The summed E-state index contributed by atoms with van der Waals surface area (Å²) in [5, 5.41) is 3.85. The van der Waals surface area contributed by atoms with E-state index in [9.17, 15) is 18.0 Å². The maximum absolute atomic E-state index is 13.2. The maximum atomic E-state index is 13.2. The van der Waals surface area contributed by atoms with Gasteiger partial charge < -0.3 is 9.42 Å². The molecule has 8 heteroatoms. The Kier molecular flexibility index (Phi) is 6.58. The lowest BCUT2D eigenvalue weighted by Crippen LogP contribution is -2.42. The minimum atomic E-state index is -4.44. The van der Waals surface area contributed by atoms with Gasteiger partial charge in [0, 0.05) is 30.1 Å². The lowest BCUT2D eigenvalue weighted by Gasteiger charge is -2.34. The molecule has 0 saturated heterocycles. The highest BCUT2D eigenvalue weighted by Gasteiger charge is 2.31. The van der Waals surface area contributed by atoms with Crippen LogP contribution in [0, 0.1) is 0 Å². The number of carbonyl (C=O) groups excluding carboxylic acids is 1. The molecular formula is C24H24F3N3O2. The van der Waals surface area contributed by atoms with E-state index in [1.807, 2.05) is 23.1 Å². The second-order valence-electron chi connectivity index (χ2n) is 8.00.